The Labute approximate surface area is 121 Å². The van der Waals surface area contributed by atoms with Crippen LogP contribution in [0.15, 0.2) is 37.4 Å². The normalized spacial score (nSPS) is 9.67. The van der Waals surface area contributed by atoms with Gasteiger partial charge in [0, 0.05) is 0 Å². The third-order valence-corrected chi connectivity index (χ3v) is 2.73. The van der Waals surface area contributed by atoms with Crippen LogP contribution in [0.2, 0.25) is 0 Å². The summed E-state index contributed by atoms with van der Waals surface area (Å²) in [5, 5.41) is 0. The van der Waals surface area contributed by atoms with Crippen LogP contribution in [-0.4, -0.2) is 9.13 Å². The number of imidazole rings is 2. The summed E-state index contributed by atoms with van der Waals surface area (Å²) in [5.41, 5.74) is 0. The van der Waals surface area contributed by atoms with Crippen LogP contribution in [0, 0.1) is 0 Å². The van der Waals surface area contributed by atoms with Gasteiger partial charge in [-0.1, -0.05) is 0 Å². The van der Waals surface area contributed by atoms with E-state index in [0.717, 1.165) is 13.1 Å². The monoisotopic (exact) mass is 290 g/mol. The first-order valence-corrected chi connectivity index (χ1v) is 5.76. The maximum atomic E-state index is 2.23. The topological polar surface area (TPSA) is 17.6 Å². The molecular weight excluding hydrogens is 271 g/mol. The van der Waals surface area contributed by atoms with Gasteiger partial charge in [-0.3, -0.25) is 0 Å². The molecule has 0 aliphatic rings. The highest BCUT2D eigenvalue weighted by Gasteiger charge is 2.02. The molecule has 0 spiro atoms. The Hall–Kier alpha value is -1.00. The molecular formula is C12H20Cl2N4. The molecule has 2 rings (SSSR count). The van der Waals surface area contributed by atoms with Crippen molar-refractivity contribution in [3.63, 3.8) is 0 Å². The van der Waals surface area contributed by atoms with E-state index in [1.807, 2.05) is 0 Å². The summed E-state index contributed by atoms with van der Waals surface area (Å²) in [6.07, 6.45) is 15.1. The molecule has 0 N–H and O–H groups in total. The zero-order valence-corrected chi connectivity index (χ0v) is 12.3. The Morgan fingerprint density at radius 2 is 1.17 bits per heavy atom. The molecule has 18 heavy (non-hydrogen) atoms. The first kappa shape index (κ1) is 17.0. The van der Waals surface area contributed by atoms with Crippen LogP contribution in [-0.2, 0) is 27.2 Å². The molecule has 0 unspecified atom stereocenters. The smallest absolute Gasteiger partial charge is 0.243 e. The predicted molar refractivity (Wildman–Crippen MR) is 60.5 cm³/mol. The number of hydrogen-bond acceptors (Lipinski definition) is 0. The highest BCUT2D eigenvalue weighted by atomic mass is 35.5. The minimum Gasteiger partial charge on any atom is -1.00 e. The van der Waals surface area contributed by atoms with Crippen molar-refractivity contribution in [1.29, 1.82) is 0 Å². The molecule has 0 bridgehead atoms. The van der Waals surface area contributed by atoms with Crippen molar-refractivity contribution < 1.29 is 33.9 Å². The molecule has 2 aromatic rings. The number of aryl methyl sites for hydroxylation is 4. The van der Waals surface area contributed by atoms with Gasteiger partial charge in [0.1, 0.15) is 24.8 Å². The number of nitrogens with zero attached hydrogens (tertiary/aromatic N) is 4. The van der Waals surface area contributed by atoms with Gasteiger partial charge >= 0.3 is 0 Å². The molecule has 6 heteroatoms. The lowest BCUT2D eigenvalue weighted by Gasteiger charge is -1.96. The molecule has 2 aromatic heterocycles. The van der Waals surface area contributed by atoms with E-state index < -0.39 is 0 Å². The Kier molecular flexibility index (Phi) is 7.71. The van der Waals surface area contributed by atoms with E-state index >= 15 is 0 Å². The molecule has 0 atom stereocenters. The second kappa shape index (κ2) is 8.16. The van der Waals surface area contributed by atoms with E-state index in [1.165, 1.54) is 12.8 Å². The van der Waals surface area contributed by atoms with Gasteiger partial charge in [0.25, 0.3) is 0 Å². The van der Waals surface area contributed by atoms with Crippen molar-refractivity contribution in [3.05, 3.63) is 37.4 Å². The van der Waals surface area contributed by atoms with Crippen molar-refractivity contribution in [3.8, 4) is 0 Å². The van der Waals surface area contributed by atoms with Gasteiger partial charge in [0.15, 0.2) is 0 Å². The molecule has 0 saturated carbocycles. The fraction of sp³-hybridized carbons (Fsp3) is 0.500. The molecule has 0 aromatic carbocycles. The largest absolute Gasteiger partial charge is 1.00 e. The Balaban J connectivity index is 0.00000144. The lowest BCUT2D eigenvalue weighted by molar-refractivity contribution is -0.671. The molecule has 0 amide bonds. The number of unbranched alkanes of at least 4 members (excludes halogenated alkanes) is 1. The summed E-state index contributed by atoms with van der Waals surface area (Å²) < 4.78 is 8.61. The molecule has 0 radical (unpaired) electrons. The molecule has 0 saturated heterocycles. The average Bonchev–Trinajstić information content (AvgIpc) is 2.83. The van der Waals surface area contributed by atoms with E-state index in [1.54, 1.807) is 0 Å². The third kappa shape index (κ3) is 5.10. The van der Waals surface area contributed by atoms with E-state index in [-0.39, 0.29) is 24.8 Å². The van der Waals surface area contributed by atoms with Crippen molar-refractivity contribution in [2.45, 2.75) is 25.9 Å². The standard InChI is InChI=1S/C12H20N4.2ClH/c1-13-7-9-15(11-13)5-3-4-6-16-10-8-14(2)12-16;;/h7-12H,3-6H2,1-2H3;2*1H/q+2;;/p-2. The summed E-state index contributed by atoms with van der Waals surface area (Å²) in [6.45, 7) is 2.21. The third-order valence-electron chi connectivity index (χ3n) is 2.73. The SMILES string of the molecule is C[n+]1ccn(CCCCn2cc[n+](C)c2)c1.[Cl-].[Cl-]. The Morgan fingerprint density at radius 1 is 0.778 bits per heavy atom. The maximum absolute atomic E-state index is 2.23. The quantitative estimate of drug-likeness (QED) is 0.386. The minimum absolute atomic E-state index is 0. The van der Waals surface area contributed by atoms with Crippen LogP contribution >= 0.6 is 0 Å². The summed E-state index contributed by atoms with van der Waals surface area (Å²) >= 11 is 0. The lowest BCUT2D eigenvalue weighted by Crippen LogP contribution is -3.00. The number of halogens is 2. The van der Waals surface area contributed by atoms with Crippen LogP contribution in [0.5, 0.6) is 0 Å². The van der Waals surface area contributed by atoms with Gasteiger partial charge in [-0.15, -0.1) is 0 Å². The number of rotatable bonds is 5. The summed E-state index contributed by atoms with van der Waals surface area (Å²) in [7, 11) is 4.10. The first-order valence-electron chi connectivity index (χ1n) is 5.76. The molecule has 0 fully saturated rings. The summed E-state index contributed by atoms with van der Waals surface area (Å²) in [4.78, 5) is 0. The van der Waals surface area contributed by atoms with Crippen LogP contribution in [0.25, 0.3) is 0 Å². The maximum Gasteiger partial charge on any atom is 0.243 e. The minimum atomic E-state index is 0. The molecule has 0 aliphatic carbocycles. The van der Waals surface area contributed by atoms with Crippen LogP contribution in [0.3, 0.4) is 0 Å². The molecule has 0 aliphatic heterocycles. The van der Waals surface area contributed by atoms with Gasteiger partial charge in [0.2, 0.25) is 12.7 Å². The lowest BCUT2D eigenvalue weighted by atomic mass is 10.3. The van der Waals surface area contributed by atoms with Gasteiger partial charge in [0.05, 0.1) is 27.2 Å². The van der Waals surface area contributed by atoms with E-state index in [9.17, 15) is 0 Å². The van der Waals surface area contributed by atoms with E-state index in [2.05, 4.69) is 69.8 Å². The molecule has 4 nitrogen and oxygen atoms in total. The van der Waals surface area contributed by atoms with Crippen LogP contribution in [0.1, 0.15) is 12.8 Å². The highest BCUT2D eigenvalue weighted by molar-refractivity contribution is 4.67. The Bertz CT molecular complexity index is 408. The van der Waals surface area contributed by atoms with Gasteiger partial charge < -0.3 is 24.8 Å². The van der Waals surface area contributed by atoms with Crippen LogP contribution in [0.4, 0.5) is 0 Å². The molecule has 2 heterocycles. The van der Waals surface area contributed by atoms with Gasteiger partial charge in [-0.25, -0.2) is 18.3 Å². The van der Waals surface area contributed by atoms with Gasteiger partial charge in [-0.2, -0.15) is 0 Å². The fourth-order valence-electron chi connectivity index (χ4n) is 1.86. The van der Waals surface area contributed by atoms with Crippen molar-refractivity contribution in [1.82, 2.24) is 9.13 Å². The second-order valence-corrected chi connectivity index (χ2v) is 4.34. The average molecular weight is 291 g/mol. The van der Waals surface area contributed by atoms with Gasteiger partial charge in [-0.05, 0) is 12.8 Å². The summed E-state index contributed by atoms with van der Waals surface area (Å²) in [5.74, 6) is 0. The predicted octanol–water partition coefficient (Wildman–Crippen LogP) is -5.57. The van der Waals surface area contributed by atoms with Crippen molar-refractivity contribution in [2.24, 2.45) is 14.1 Å². The number of hydrogen-bond donors (Lipinski definition) is 0. The first-order chi connectivity index (χ1) is 7.74. The zero-order chi connectivity index (χ0) is 11.4. The Morgan fingerprint density at radius 3 is 1.44 bits per heavy atom. The van der Waals surface area contributed by atoms with Crippen LogP contribution < -0.4 is 33.9 Å². The van der Waals surface area contributed by atoms with E-state index in [0.29, 0.717) is 0 Å². The van der Waals surface area contributed by atoms with Crippen molar-refractivity contribution >= 4 is 0 Å². The number of aromatic nitrogens is 4. The second-order valence-electron chi connectivity index (χ2n) is 4.34. The highest BCUT2D eigenvalue weighted by Crippen LogP contribution is 1.97. The summed E-state index contributed by atoms with van der Waals surface area (Å²) in [6, 6.07) is 0. The zero-order valence-electron chi connectivity index (χ0n) is 10.8. The van der Waals surface area contributed by atoms with Crippen molar-refractivity contribution in [2.75, 3.05) is 0 Å². The molecule has 102 valence electrons. The fourth-order valence-corrected chi connectivity index (χ4v) is 1.86. The van der Waals surface area contributed by atoms with E-state index in [4.69, 9.17) is 0 Å².